The first kappa shape index (κ1) is 21.6. The molecule has 4 fully saturated rings. The molecule has 0 saturated heterocycles. The van der Waals surface area contributed by atoms with Gasteiger partial charge in [-0.2, -0.15) is 4.98 Å². The van der Waals surface area contributed by atoms with Crippen LogP contribution in [0.4, 0.5) is 17.5 Å². The van der Waals surface area contributed by atoms with Crippen molar-refractivity contribution in [3.8, 4) is 0 Å². The van der Waals surface area contributed by atoms with Gasteiger partial charge in [-0.25, -0.2) is 18.1 Å². The molecule has 4 saturated carbocycles. The van der Waals surface area contributed by atoms with Gasteiger partial charge in [-0.1, -0.05) is 12.1 Å². The summed E-state index contributed by atoms with van der Waals surface area (Å²) in [5, 5.41) is 17.8. The SMILES string of the molecule is CNS(=O)(=O)Cc1cccc(Nc2ncc(C)c(NC3C4CC5CC3CC(O)(C5)C4)n2)c1. The van der Waals surface area contributed by atoms with Crippen molar-refractivity contribution in [1.82, 2.24) is 14.7 Å². The molecule has 8 nitrogen and oxygen atoms in total. The minimum absolute atomic E-state index is 0.0849. The number of aliphatic hydroxyl groups is 1. The van der Waals surface area contributed by atoms with E-state index < -0.39 is 15.6 Å². The summed E-state index contributed by atoms with van der Waals surface area (Å²) in [4.78, 5) is 9.15. The van der Waals surface area contributed by atoms with E-state index in [2.05, 4.69) is 20.3 Å². The first-order valence-electron chi connectivity index (χ1n) is 11.3. The van der Waals surface area contributed by atoms with E-state index in [9.17, 15) is 13.5 Å². The molecule has 2 atom stereocenters. The number of hydrogen-bond donors (Lipinski definition) is 4. The molecule has 1 aromatic heterocycles. The number of nitrogens with one attached hydrogen (secondary N) is 3. The Hall–Kier alpha value is -2.23. The highest BCUT2D eigenvalue weighted by atomic mass is 32.2. The van der Waals surface area contributed by atoms with Gasteiger partial charge in [0.25, 0.3) is 0 Å². The van der Waals surface area contributed by atoms with Crippen LogP contribution in [0.1, 0.15) is 43.2 Å². The van der Waals surface area contributed by atoms with Gasteiger partial charge >= 0.3 is 0 Å². The van der Waals surface area contributed by atoms with Crippen molar-refractivity contribution in [1.29, 1.82) is 0 Å². The monoisotopic (exact) mass is 457 g/mol. The van der Waals surface area contributed by atoms with Crippen molar-refractivity contribution < 1.29 is 13.5 Å². The number of benzene rings is 1. The number of nitrogens with zero attached hydrogens (tertiary/aromatic N) is 2. The number of sulfonamides is 1. The quantitative estimate of drug-likeness (QED) is 0.505. The second-order valence-electron chi connectivity index (χ2n) is 9.88. The second-order valence-corrected chi connectivity index (χ2v) is 11.8. The Morgan fingerprint density at radius 3 is 2.62 bits per heavy atom. The third-order valence-electron chi connectivity index (χ3n) is 7.37. The Kier molecular flexibility index (Phi) is 5.38. The Balaban J connectivity index is 1.32. The van der Waals surface area contributed by atoms with E-state index in [1.54, 1.807) is 18.3 Å². The zero-order chi connectivity index (χ0) is 22.5. The molecule has 4 aliphatic carbocycles. The van der Waals surface area contributed by atoms with E-state index in [4.69, 9.17) is 4.98 Å². The lowest BCUT2D eigenvalue weighted by Crippen LogP contribution is -2.59. The highest BCUT2D eigenvalue weighted by molar-refractivity contribution is 7.88. The highest BCUT2D eigenvalue weighted by Gasteiger charge is 2.54. The van der Waals surface area contributed by atoms with Crippen LogP contribution in [0.2, 0.25) is 0 Å². The molecule has 0 amide bonds. The van der Waals surface area contributed by atoms with Crippen molar-refractivity contribution in [2.45, 2.75) is 56.4 Å². The van der Waals surface area contributed by atoms with Crippen LogP contribution < -0.4 is 15.4 Å². The van der Waals surface area contributed by atoms with Gasteiger partial charge in [-0.15, -0.1) is 0 Å². The first-order valence-corrected chi connectivity index (χ1v) is 13.0. The summed E-state index contributed by atoms with van der Waals surface area (Å²) >= 11 is 0. The summed E-state index contributed by atoms with van der Waals surface area (Å²) in [6.45, 7) is 2.00. The Morgan fingerprint density at radius 1 is 1.19 bits per heavy atom. The average Bonchev–Trinajstić information content (AvgIpc) is 2.71. The van der Waals surface area contributed by atoms with Crippen LogP contribution in [-0.4, -0.2) is 42.2 Å². The maximum atomic E-state index is 11.9. The zero-order valence-electron chi connectivity index (χ0n) is 18.5. The van der Waals surface area contributed by atoms with Gasteiger partial charge in [0.2, 0.25) is 16.0 Å². The minimum atomic E-state index is -3.34. The molecule has 0 spiro atoms. The molecule has 2 aromatic rings. The summed E-state index contributed by atoms with van der Waals surface area (Å²) in [6, 6.07) is 7.59. The molecular weight excluding hydrogens is 426 g/mol. The van der Waals surface area contributed by atoms with Crippen LogP contribution in [0.25, 0.3) is 0 Å². The Morgan fingerprint density at radius 2 is 1.94 bits per heavy atom. The van der Waals surface area contributed by atoms with Crippen LogP contribution in [0.3, 0.4) is 0 Å². The molecule has 1 heterocycles. The van der Waals surface area contributed by atoms with Gasteiger partial charge in [0.1, 0.15) is 5.82 Å². The Bertz CT molecular complexity index is 1110. The van der Waals surface area contributed by atoms with Gasteiger partial charge in [0, 0.05) is 23.5 Å². The molecule has 4 bridgehead atoms. The van der Waals surface area contributed by atoms with E-state index in [0.717, 1.165) is 36.3 Å². The summed E-state index contributed by atoms with van der Waals surface area (Å²) in [5.41, 5.74) is 1.95. The standard InChI is InChI=1S/C23H31N5O3S/c1-14-12-25-22(26-19-5-3-4-15(8-19)13-32(30,31)24-2)28-21(14)27-20-17-6-16-7-18(20)11-23(29,9-16)10-17/h3-5,8,12,16-18,20,24,29H,6-7,9-11,13H2,1-2H3,(H2,25,26,27,28). The number of rotatable bonds is 7. The maximum absolute atomic E-state index is 11.9. The van der Waals surface area contributed by atoms with Crippen LogP contribution in [0, 0.1) is 24.7 Å². The summed E-state index contributed by atoms with van der Waals surface area (Å²) in [7, 11) is -1.93. The molecule has 0 aliphatic heterocycles. The third kappa shape index (κ3) is 4.33. The Labute approximate surface area is 189 Å². The number of aryl methyl sites for hydroxylation is 1. The second kappa shape index (κ2) is 7.97. The molecule has 9 heteroatoms. The van der Waals surface area contributed by atoms with E-state index in [-0.39, 0.29) is 5.75 Å². The molecule has 4 N–H and O–H groups in total. The largest absolute Gasteiger partial charge is 0.390 e. The lowest BCUT2D eigenvalue weighted by atomic mass is 9.52. The molecule has 4 aliphatic rings. The van der Waals surface area contributed by atoms with Crippen LogP contribution in [0.5, 0.6) is 0 Å². The highest BCUT2D eigenvalue weighted by Crippen LogP contribution is 2.56. The molecule has 0 radical (unpaired) electrons. The molecular formula is C23H31N5O3S. The fourth-order valence-corrected chi connectivity index (χ4v) is 6.95. The fraction of sp³-hybridized carbons (Fsp3) is 0.565. The lowest BCUT2D eigenvalue weighted by molar-refractivity contribution is -0.129. The van der Waals surface area contributed by atoms with Gasteiger partial charge in [-0.3, -0.25) is 0 Å². The van der Waals surface area contributed by atoms with Gasteiger partial charge in [-0.05, 0) is 81.5 Å². The van der Waals surface area contributed by atoms with E-state index >= 15 is 0 Å². The van der Waals surface area contributed by atoms with E-state index in [0.29, 0.717) is 35.3 Å². The predicted molar refractivity (Wildman–Crippen MR) is 124 cm³/mol. The first-order chi connectivity index (χ1) is 15.2. The number of aromatic nitrogens is 2. The molecule has 172 valence electrons. The van der Waals surface area contributed by atoms with Crippen LogP contribution in [-0.2, 0) is 15.8 Å². The van der Waals surface area contributed by atoms with Crippen molar-refractivity contribution in [2.75, 3.05) is 17.7 Å². The minimum Gasteiger partial charge on any atom is -0.390 e. The number of hydrogen-bond acceptors (Lipinski definition) is 7. The van der Waals surface area contributed by atoms with E-state index in [1.165, 1.54) is 19.9 Å². The zero-order valence-corrected chi connectivity index (χ0v) is 19.3. The summed E-state index contributed by atoms with van der Waals surface area (Å²) in [6.07, 6.45) is 6.92. The van der Waals surface area contributed by atoms with Crippen molar-refractivity contribution in [3.05, 3.63) is 41.6 Å². The summed E-state index contributed by atoms with van der Waals surface area (Å²) in [5.74, 6) is 2.84. The van der Waals surface area contributed by atoms with Crippen molar-refractivity contribution >= 4 is 27.5 Å². The van der Waals surface area contributed by atoms with Crippen molar-refractivity contribution in [2.24, 2.45) is 17.8 Å². The molecule has 1 aromatic carbocycles. The fourth-order valence-electron chi connectivity index (χ4n) is 6.18. The normalized spacial score (nSPS) is 31.0. The predicted octanol–water partition coefficient (Wildman–Crippen LogP) is 2.93. The average molecular weight is 458 g/mol. The topological polar surface area (TPSA) is 116 Å². The van der Waals surface area contributed by atoms with Crippen LogP contribution >= 0.6 is 0 Å². The third-order valence-corrected chi connectivity index (χ3v) is 8.70. The smallest absolute Gasteiger partial charge is 0.229 e. The molecule has 6 rings (SSSR count). The van der Waals surface area contributed by atoms with Gasteiger partial charge in [0.15, 0.2) is 0 Å². The number of anilines is 3. The maximum Gasteiger partial charge on any atom is 0.229 e. The summed E-state index contributed by atoms with van der Waals surface area (Å²) < 4.78 is 26.0. The van der Waals surface area contributed by atoms with Gasteiger partial charge < -0.3 is 15.7 Å². The lowest BCUT2D eigenvalue weighted by Gasteiger charge is -2.58. The molecule has 32 heavy (non-hydrogen) atoms. The van der Waals surface area contributed by atoms with E-state index in [1.807, 2.05) is 19.1 Å². The van der Waals surface area contributed by atoms with Gasteiger partial charge in [0.05, 0.1) is 11.4 Å². The van der Waals surface area contributed by atoms with Crippen molar-refractivity contribution in [3.63, 3.8) is 0 Å². The van der Waals surface area contributed by atoms with Crippen LogP contribution in [0.15, 0.2) is 30.5 Å². The molecule has 2 unspecified atom stereocenters.